The fourth-order valence-corrected chi connectivity index (χ4v) is 2.24. The molecule has 2 aliphatic rings. The van der Waals surface area contributed by atoms with Crippen LogP contribution in [-0.4, -0.2) is 34.2 Å². The third-order valence-electron chi connectivity index (χ3n) is 2.18. The summed E-state index contributed by atoms with van der Waals surface area (Å²) < 4.78 is 0. The molecule has 2 heterocycles. The number of hydrogen-bond donors (Lipinski definition) is 0. The van der Waals surface area contributed by atoms with Crippen LogP contribution in [0.2, 0.25) is 0 Å². The van der Waals surface area contributed by atoms with Crippen LogP contribution >= 0.6 is 11.8 Å². The number of carbonyl (C=O) groups excluding carboxylic acids is 2. The first kappa shape index (κ1) is 8.74. The molecule has 0 aromatic heterocycles. The molecular formula is C8H10N2O2S. The Morgan fingerprint density at radius 2 is 1.85 bits per heavy atom. The van der Waals surface area contributed by atoms with Gasteiger partial charge in [-0.25, -0.2) is 0 Å². The van der Waals surface area contributed by atoms with E-state index in [2.05, 4.69) is 4.99 Å². The van der Waals surface area contributed by atoms with E-state index in [0.29, 0.717) is 5.17 Å². The van der Waals surface area contributed by atoms with Gasteiger partial charge in [0.1, 0.15) is 0 Å². The van der Waals surface area contributed by atoms with Gasteiger partial charge in [-0.2, -0.15) is 4.99 Å². The lowest BCUT2D eigenvalue weighted by Crippen LogP contribution is -2.33. The maximum absolute atomic E-state index is 10.9. The van der Waals surface area contributed by atoms with Gasteiger partial charge in [-0.1, -0.05) is 0 Å². The number of rotatable bonds is 0. The van der Waals surface area contributed by atoms with E-state index >= 15 is 0 Å². The molecule has 2 aliphatic heterocycles. The van der Waals surface area contributed by atoms with E-state index in [-0.39, 0.29) is 0 Å². The Morgan fingerprint density at radius 1 is 1.15 bits per heavy atom. The second-order valence-corrected chi connectivity index (χ2v) is 4.08. The summed E-state index contributed by atoms with van der Waals surface area (Å²) in [5.41, 5.74) is 0. The highest BCUT2D eigenvalue weighted by Gasteiger charge is 2.29. The standard InChI is InChI=1S/C8H10N2O2S/c11-6-7(12)13-8(9-6)10-4-2-1-3-5-10/h1-5H2. The predicted molar refractivity (Wildman–Crippen MR) is 50.5 cm³/mol. The molecule has 2 rings (SSSR count). The largest absolute Gasteiger partial charge is 0.351 e. The van der Waals surface area contributed by atoms with Crippen LogP contribution in [-0.2, 0) is 9.59 Å². The average molecular weight is 198 g/mol. The summed E-state index contributed by atoms with van der Waals surface area (Å²) in [5, 5.41) is 0.162. The van der Waals surface area contributed by atoms with E-state index < -0.39 is 11.0 Å². The summed E-state index contributed by atoms with van der Waals surface area (Å²) in [6.07, 6.45) is 3.49. The van der Waals surface area contributed by atoms with Crippen LogP contribution in [0, 0.1) is 0 Å². The second kappa shape index (κ2) is 3.49. The van der Waals surface area contributed by atoms with Gasteiger partial charge < -0.3 is 4.90 Å². The highest BCUT2D eigenvalue weighted by atomic mass is 32.2. The third-order valence-corrected chi connectivity index (χ3v) is 3.07. The van der Waals surface area contributed by atoms with Crippen molar-refractivity contribution >= 4 is 28.0 Å². The van der Waals surface area contributed by atoms with Crippen molar-refractivity contribution in [3.63, 3.8) is 0 Å². The molecule has 5 heteroatoms. The highest BCUT2D eigenvalue weighted by molar-refractivity contribution is 8.28. The first-order chi connectivity index (χ1) is 6.27. The van der Waals surface area contributed by atoms with Crippen LogP contribution in [0.25, 0.3) is 0 Å². The fraction of sp³-hybridized carbons (Fsp3) is 0.625. The van der Waals surface area contributed by atoms with E-state index in [1.54, 1.807) is 0 Å². The summed E-state index contributed by atoms with van der Waals surface area (Å²) in [6.45, 7) is 1.85. The summed E-state index contributed by atoms with van der Waals surface area (Å²) in [6, 6.07) is 0. The van der Waals surface area contributed by atoms with Crippen molar-refractivity contribution in [2.45, 2.75) is 19.3 Å². The van der Waals surface area contributed by atoms with Crippen molar-refractivity contribution in [2.24, 2.45) is 4.99 Å². The maximum atomic E-state index is 10.9. The van der Waals surface area contributed by atoms with Crippen molar-refractivity contribution in [3.05, 3.63) is 0 Å². The molecule has 0 saturated carbocycles. The van der Waals surface area contributed by atoms with Crippen molar-refractivity contribution in [3.8, 4) is 0 Å². The molecule has 1 saturated heterocycles. The number of thioether (sulfide) groups is 1. The smallest absolute Gasteiger partial charge is 0.327 e. The monoisotopic (exact) mass is 198 g/mol. The lowest BCUT2D eigenvalue weighted by atomic mass is 10.1. The Balaban J connectivity index is 2.05. The van der Waals surface area contributed by atoms with Crippen molar-refractivity contribution in [2.75, 3.05) is 13.1 Å². The molecule has 4 nitrogen and oxygen atoms in total. The van der Waals surface area contributed by atoms with Crippen LogP contribution in [0.15, 0.2) is 4.99 Å². The number of carbonyl (C=O) groups is 2. The number of nitrogens with zero attached hydrogens (tertiary/aromatic N) is 2. The molecule has 0 aliphatic carbocycles. The molecular weight excluding hydrogens is 188 g/mol. The van der Waals surface area contributed by atoms with Crippen LogP contribution < -0.4 is 0 Å². The fourth-order valence-electron chi connectivity index (χ4n) is 1.50. The van der Waals surface area contributed by atoms with Gasteiger partial charge in [-0.3, -0.25) is 9.59 Å². The number of amides is 1. The molecule has 1 fully saturated rings. The molecule has 0 radical (unpaired) electrons. The van der Waals surface area contributed by atoms with E-state index in [1.807, 2.05) is 4.90 Å². The zero-order valence-corrected chi connectivity index (χ0v) is 7.97. The molecule has 70 valence electrons. The van der Waals surface area contributed by atoms with Crippen LogP contribution in [0.5, 0.6) is 0 Å². The molecule has 13 heavy (non-hydrogen) atoms. The molecule has 0 atom stereocenters. The van der Waals surface area contributed by atoms with E-state index in [9.17, 15) is 9.59 Å². The molecule has 0 spiro atoms. The highest BCUT2D eigenvalue weighted by Crippen LogP contribution is 2.21. The maximum Gasteiger partial charge on any atom is 0.327 e. The number of piperidine rings is 1. The zero-order valence-electron chi connectivity index (χ0n) is 7.15. The number of aliphatic imine (C=N–C) groups is 1. The summed E-state index contributed by atoms with van der Waals surface area (Å²) in [7, 11) is 0. The van der Waals surface area contributed by atoms with E-state index in [0.717, 1.165) is 37.7 Å². The molecule has 0 aromatic rings. The molecule has 0 N–H and O–H groups in total. The quantitative estimate of drug-likeness (QED) is 0.536. The summed E-state index contributed by atoms with van der Waals surface area (Å²) in [5.74, 6) is -0.606. The predicted octanol–water partition coefficient (Wildman–Crippen LogP) is 0.628. The molecule has 1 amide bonds. The molecule has 0 bridgehead atoms. The number of amidine groups is 1. The SMILES string of the molecule is O=C1N=C(N2CCCCC2)SC1=O. The van der Waals surface area contributed by atoms with Gasteiger partial charge in [0.05, 0.1) is 0 Å². The van der Waals surface area contributed by atoms with Crippen LogP contribution in [0.4, 0.5) is 0 Å². The Labute approximate surface area is 80.4 Å². The first-order valence-corrected chi connectivity index (χ1v) is 5.19. The summed E-state index contributed by atoms with van der Waals surface area (Å²) >= 11 is 0.968. The Hall–Kier alpha value is -0.840. The van der Waals surface area contributed by atoms with Gasteiger partial charge >= 0.3 is 5.91 Å². The van der Waals surface area contributed by atoms with Gasteiger partial charge in [-0.05, 0) is 31.0 Å². The van der Waals surface area contributed by atoms with Gasteiger partial charge in [-0.15, -0.1) is 0 Å². The van der Waals surface area contributed by atoms with Gasteiger partial charge in [0.15, 0.2) is 5.17 Å². The average Bonchev–Trinajstić information content (AvgIpc) is 2.49. The molecule has 0 aromatic carbocycles. The molecule has 0 unspecified atom stereocenters. The van der Waals surface area contributed by atoms with Gasteiger partial charge in [0, 0.05) is 13.1 Å². The third kappa shape index (κ3) is 1.75. The van der Waals surface area contributed by atoms with Crippen molar-refractivity contribution in [1.82, 2.24) is 4.90 Å². The summed E-state index contributed by atoms with van der Waals surface area (Å²) in [4.78, 5) is 27.5. The minimum absolute atomic E-state index is 0.444. The lowest BCUT2D eigenvalue weighted by Gasteiger charge is -2.26. The normalized spacial score (nSPS) is 23.7. The van der Waals surface area contributed by atoms with Crippen molar-refractivity contribution < 1.29 is 9.59 Å². The Kier molecular flexibility index (Phi) is 2.35. The number of hydrogen-bond acceptors (Lipinski definition) is 4. The lowest BCUT2D eigenvalue weighted by molar-refractivity contribution is -0.130. The van der Waals surface area contributed by atoms with Gasteiger partial charge in [0.2, 0.25) is 0 Å². The zero-order chi connectivity index (χ0) is 9.26. The Bertz CT molecular complexity index is 282. The van der Waals surface area contributed by atoms with E-state index in [1.165, 1.54) is 6.42 Å². The van der Waals surface area contributed by atoms with Crippen molar-refractivity contribution in [1.29, 1.82) is 0 Å². The van der Waals surface area contributed by atoms with Crippen LogP contribution in [0.3, 0.4) is 0 Å². The second-order valence-electron chi connectivity index (χ2n) is 3.14. The minimum Gasteiger partial charge on any atom is -0.351 e. The van der Waals surface area contributed by atoms with Crippen LogP contribution in [0.1, 0.15) is 19.3 Å². The topological polar surface area (TPSA) is 49.7 Å². The first-order valence-electron chi connectivity index (χ1n) is 4.37. The van der Waals surface area contributed by atoms with Gasteiger partial charge in [0.25, 0.3) is 5.12 Å². The minimum atomic E-state index is -0.606. The Morgan fingerprint density at radius 3 is 2.38 bits per heavy atom. The van der Waals surface area contributed by atoms with E-state index in [4.69, 9.17) is 0 Å². The number of likely N-dealkylation sites (tertiary alicyclic amines) is 1.